The molecule has 0 aliphatic rings. The first-order valence-electron chi connectivity index (χ1n) is 4.57. The number of hydrogen-bond donors (Lipinski definition) is 0. The summed E-state index contributed by atoms with van der Waals surface area (Å²) in [6, 6.07) is 0.0346. The predicted molar refractivity (Wildman–Crippen MR) is 62.8 cm³/mol. The molecule has 0 saturated carbocycles. The lowest BCUT2D eigenvalue weighted by molar-refractivity contribution is 0.377. The molecule has 1 unspecified atom stereocenters. The summed E-state index contributed by atoms with van der Waals surface area (Å²) in [5.74, 6) is 1.85. The lowest BCUT2D eigenvalue weighted by Crippen LogP contribution is -2.43. The zero-order valence-corrected chi connectivity index (χ0v) is 11.2. The largest absolute Gasteiger partial charge is 0.281 e. The van der Waals surface area contributed by atoms with Gasteiger partial charge in [-0.2, -0.15) is 28.8 Å². The fourth-order valence-corrected chi connectivity index (χ4v) is 2.82. The van der Waals surface area contributed by atoms with Gasteiger partial charge in [-0.25, -0.2) is 0 Å². The minimum atomic E-state index is -3.25. The summed E-state index contributed by atoms with van der Waals surface area (Å²) in [4.78, 5) is 0. The molecule has 0 N–H and O–H groups in total. The van der Waals surface area contributed by atoms with E-state index in [4.69, 9.17) is 0 Å². The van der Waals surface area contributed by atoms with E-state index < -0.39 is 10.2 Å². The molecular formula is C8H20N2O2S2. The molecule has 0 bridgehead atoms. The first-order chi connectivity index (χ1) is 6.34. The lowest BCUT2D eigenvalue weighted by Gasteiger charge is -2.26. The number of rotatable bonds is 6. The molecule has 0 aromatic carbocycles. The van der Waals surface area contributed by atoms with E-state index in [1.807, 2.05) is 6.92 Å². The van der Waals surface area contributed by atoms with Crippen LogP contribution in [0.15, 0.2) is 0 Å². The topological polar surface area (TPSA) is 40.6 Å². The molecule has 14 heavy (non-hydrogen) atoms. The van der Waals surface area contributed by atoms with Crippen LogP contribution in [0.1, 0.15) is 13.8 Å². The molecule has 0 aliphatic heterocycles. The van der Waals surface area contributed by atoms with Crippen molar-refractivity contribution in [3.8, 4) is 0 Å². The van der Waals surface area contributed by atoms with Crippen molar-refractivity contribution in [3.05, 3.63) is 0 Å². The van der Waals surface area contributed by atoms with Crippen LogP contribution in [0.4, 0.5) is 0 Å². The molecule has 0 aliphatic carbocycles. The van der Waals surface area contributed by atoms with Gasteiger partial charge in [0.05, 0.1) is 0 Å². The maximum absolute atomic E-state index is 11.7. The molecule has 0 radical (unpaired) electrons. The summed E-state index contributed by atoms with van der Waals surface area (Å²) in [6.45, 7) is 3.99. The van der Waals surface area contributed by atoms with Gasteiger partial charge < -0.3 is 0 Å². The Morgan fingerprint density at radius 2 is 1.79 bits per heavy atom. The third-order valence-electron chi connectivity index (χ3n) is 2.01. The van der Waals surface area contributed by atoms with Crippen LogP contribution in [0.2, 0.25) is 0 Å². The Morgan fingerprint density at radius 3 is 2.14 bits per heavy atom. The van der Waals surface area contributed by atoms with Gasteiger partial charge in [0.2, 0.25) is 0 Å². The fraction of sp³-hybridized carbons (Fsp3) is 1.00. The van der Waals surface area contributed by atoms with E-state index in [-0.39, 0.29) is 6.04 Å². The molecule has 0 fully saturated rings. The summed E-state index contributed by atoms with van der Waals surface area (Å²) >= 11 is 1.75. The minimum Gasteiger partial charge on any atom is -0.195 e. The first-order valence-corrected chi connectivity index (χ1v) is 7.12. The van der Waals surface area contributed by atoms with E-state index in [0.29, 0.717) is 0 Å². The average Bonchev–Trinajstić information content (AvgIpc) is 2.12. The average molecular weight is 240 g/mol. The molecule has 0 saturated heterocycles. The van der Waals surface area contributed by atoms with Crippen molar-refractivity contribution in [2.75, 3.05) is 32.6 Å². The second-order valence-electron chi connectivity index (χ2n) is 3.31. The highest BCUT2D eigenvalue weighted by Gasteiger charge is 2.24. The van der Waals surface area contributed by atoms with Crippen LogP contribution >= 0.6 is 11.8 Å². The normalized spacial score (nSPS) is 15.1. The van der Waals surface area contributed by atoms with Crippen molar-refractivity contribution in [1.82, 2.24) is 8.61 Å². The SMILES string of the molecule is CCSCC(C)N(C)S(=O)(=O)N(C)C. The smallest absolute Gasteiger partial charge is 0.195 e. The third kappa shape index (κ3) is 3.76. The molecule has 0 heterocycles. The van der Waals surface area contributed by atoms with E-state index in [1.165, 1.54) is 8.61 Å². The first kappa shape index (κ1) is 14.2. The number of thioether (sulfide) groups is 1. The summed E-state index contributed by atoms with van der Waals surface area (Å²) in [7, 11) is 1.46. The van der Waals surface area contributed by atoms with Gasteiger partial charge in [0.1, 0.15) is 0 Å². The van der Waals surface area contributed by atoms with Crippen molar-refractivity contribution in [2.24, 2.45) is 0 Å². The highest BCUT2D eigenvalue weighted by molar-refractivity contribution is 7.99. The summed E-state index contributed by atoms with van der Waals surface area (Å²) < 4.78 is 26.0. The Kier molecular flexibility index (Phi) is 6.04. The molecule has 0 aromatic heterocycles. The van der Waals surface area contributed by atoms with Crippen molar-refractivity contribution in [3.63, 3.8) is 0 Å². The molecule has 6 heteroatoms. The van der Waals surface area contributed by atoms with Crippen molar-refractivity contribution >= 4 is 22.0 Å². The van der Waals surface area contributed by atoms with E-state index in [2.05, 4.69) is 6.92 Å². The van der Waals surface area contributed by atoms with Crippen LogP contribution in [0.25, 0.3) is 0 Å². The van der Waals surface area contributed by atoms with Crippen LogP contribution in [0.3, 0.4) is 0 Å². The highest BCUT2D eigenvalue weighted by Crippen LogP contribution is 2.11. The van der Waals surface area contributed by atoms with Crippen molar-refractivity contribution in [2.45, 2.75) is 19.9 Å². The van der Waals surface area contributed by atoms with Crippen LogP contribution in [-0.2, 0) is 10.2 Å². The van der Waals surface area contributed by atoms with Crippen LogP contribution in [0, 0.1) is 0 Å². The van der Waals surface area contributed by atoms with Gasteiger partial charge in [-0.1, -0.05) is 6.92 Å². The van der Waals surface area contributed by atoms with E-state index in [9.17, 15) is 8.42 Å². The maximum atomic E-state index is 11.7. The van der Waals surface area contributed by atoms with E-state index in [0.717, 1.165) is 11.5 Å². The molecule has 0 rings (SSSR count). The van der Waals surface area contributed by atoms with Crippen LogP contribution in [-0.4, -0.2) is 55.7 Å². The Hall–Kier alpha value is 0.220. The monoisotopic (exact) mass is 240 g/mol. The van der Waals surface area contributed by atoms with Gasteiger partial charge in [-0.05, 0) is 12.7 Å². The molecule has 0 aromatic rings. The second kappa shape index (κ2) is 5.95. The van der Waals surface area contributed by atoms with Crippen molar-refractivity contribution in [1.29, 1.82) is 0 Å². The zero-order valence-electron chi connectivity index (χ0n) is 9.52. The van der Waals surface area contributed by atoms with Gasteiger partial charge in [0, 0.05) is 32.9 Å². The molecule has 4 nitrogen and oxygen atoms in total. The molecule has 86 valence electrons. The molecular weight excluding hydrogens is 220 g/mol. The minimum absolute atomic E-state index is 0.0346. The summed E-state index contributed by atoms with van der Waals surface area (Å²) in [5.41, 5.74) is 0. The molecule has 1 atom stereocenters. The fourth-order valence-electron chi connectivity index (χ4n) is 0.878. The Bertz CT molecular complexity index is 252. The van der Waals surface area contributed by atoms with Gasteiger partial charge in [-0.15, -0.1) is 0 Å². The Labute approximate surface area is 91.8 Å². The lowest BCUT2D eigenvalue weighted by atomic mass is 10.4. The van der Waals surface area contributed by atoms with Gasteiger partial charge >= 0.3 is 0 Å². The highest BCUT2D eigenvalue weighted by atomic mass is 32.2. The molecule has 0 spiro atoms. The third-order valence-corrected chi connectivity index (χ3v) is 5.15. The molecule has 0 amide bonds. The maximum Gasteiger partial charge on any atom is 0.281 e. The van der Waals surface area contributed by atoms with Gasteiger partial charge in [0.25, 0.3) is 10.2 Å². The van der Waals surface area contributed by atoms with Gasteiger partial charge in [-0.3, -0.25) is 0 Å². The Balaban J connectivity index is 4.38. The standard InChI is InChI=1S/C8H20N2O2S2/c1-6-13-7-8(2)10(5)14(11,12)9(3)4/h8H,6-7H2,1-5H3. The van der Waals surface area contributed by atoms with Crippen LogP contribution in [0.5, 0.6) is 0 Å². The second-order valence-corrected chi connectivity index (χ2v) is 6.84. The summed E-state index contributed by atoms with van der Waals surface area (Å²) in [6.07, 6.45) is 0. The van der Waals surface area contributed by atoms with E-state index >= 15 is 0 Å². The van der Waals surface area contributed by atoms with Crippen molar-refractivity contribution < 1.29 is 8.42 Å². The predicted octanol–water partition coefficient (Wildman–Crippen LogP) is 0.866. The van der Waals surface area contributed by atoms with Gasteiger partial charge in [0.15, 0.2) is 0 Å². The Morgan fingerprint density at radius 1 is 1.29 bits per heavy atom. The quantitative estimate of drug-likeness (QED) is 0.691. The zero-order chi connectivity index (χ0) is 11.4. The number of hydrogen-bond acceptors (Lipinski definition) is 3. The van der Waals surface area contributed by atoms with Crippen LogP contribution < -0.4 is 0 Å². The summed E-state index contributed by atoms with van der Waals surface area (Å²) in [5, 5.41) is 0. The number of nitrogens with zero attached hydrogens (tertiary/aromatic N) is 2. The van der Waals surface area contributed by atoms with E-state index in [1.54, 1.807) is 32.9 Å².